The third kappa shape index (κ3) is 3.04. The van der Waals surface area contributed by atoms with Gasteiger partial charge in [-0.3, -0.25) is 4.79 Å². The van der Waals surface area contributed by atoms with E-state index >= 15 is 0 Å². The average Bonchev–Trinajstić information content (AvgIpc) is 3.17. The number of benzene rings is 2. The number of amides is 1. The quantitative estimate of drug-likeness (QED) is 0.437. The van der Waals surface area contributed by atoms with E-state index in [1.165, 1.54) is 15.0 Å². The smallest absolute Gasteiger partial charge is 0.257 e. The molecule has 0 aliphatic carbocycles. The van der Waals surface area contributed by atoms with Gasteiger partial charge in [0.25, 0.3) is 5.91 Å². The van der Waals surface area contributed by atoms with Crippen LogP contribution in [0.3, 0.4) is 0 Å². The molecule has 3 nitrogen and oxygen atoms in total. The van der Waals surface area contributed by atoms with E-state index in [1.54, 1.807) is 11.3 Å². The molecule has 0 aliphatic rings. The summed E-state index contributed by atoms with van der Waals surface area (Å²) in [6, 6.07) is 18.0. The van der Waals surface area contributed by atoms with Crippen LogP contribution >= 0.6 is 24.0 Å². The van der Waals surface area contributed by atoms with E-state index in [0.717, 1.165) is 21.8 Å². The van der Waals surface area contributed by atoms with Gasteiger partial charge in [-0.05, 0) is 54.3 Å². The Hall–Kier alpha value is -2.50. The van der Waals surface area contributed by atoms with E-state index in [9.17, 15) is 4.79 Å². The van der Waals surface area contributed by atoms with Gasteiger partial charge in [-0.15, -0.1) is 24.0 Å². The summed E-state index contributed by atoms with van der Waals surface area (Å²) in [5, 5.41) is 4.19. The van der Waals surface area contributed by atoms with E-state index in [4.69, 9.17) is 0 Å². The van der Waals surface area contributed by atoms with Crippen LogP contribution in [0, 0.1) is 6.92 Å². The van der Waals surface area contributed by atoms with Crippen LogP contribution in [0.25, 0.3) is 20.7 Å². The number of hydrogen-bond acceptors (Lipinski definition) is 3. The summed E-state index contributed by atoms with van der Waals surface area (Å²) in [4.78, 5) is 14.8. The van der Waals surface area contributed by atoms with E-state index < -0.39 is 0 Å². The standard InChI is InChI=1S/C21H18N2OS2/c1-13-17(21(24)22-15-7-9-16(25)10-8-15)12-23(2)20(13)19-11-14-5-3-4-6-18(14)26-19/h3-12,25H,1-2H3,(H,22,24). The molecule has 2 aromatic heterocycles. The molecule has 0 unspecified atom stereocenters. The summed E-state index contributed by atoms with van der Waals surface area (Å²) >= 11 is 6.02. The number of hydrogen-bond donors (Lipinski definition) is 2. The summed E-state index contributed by atoms with van der Waals surface area (Å²) in [5.41, 5.74) is 3.53. The average molecular weight is 379 g/mol. The van der Waals surface area contributed by atoms with Crippen molar-refractivity contribution >= 4 is 45.6 Å². The van der Waals surface area contributed by atoms with Gasteiger partial charge < -0.3 is 9.88 Å². The maximum absolute atomic E-state index is 12.7. The fourth-order valence-corrected chi connectivity index (χ4v) is 4.53. The number of carbonyl (C=O) groups excluding carboxylic acids is 1. The Morgan fingerprint density at radius 2 is 1.85 bits per heavy atom. The van der Waals surface area contributed by atoms with Gasteiger partial charge >= 0.3 is 0 Å². The number of rotatable bonds is 3. The Bertz CT molecular complexity index is 1070. The molecule has 0 aliphatic heterocycles. The second-order valence-electron chi connectivity index (χ2n) is 6.28. The molecule has 0 atom stereocenters. The van der Waals surface area contributed by atoms with Gasteiger partial charge in [-0.1, -0.05) is 18.2 Å². The van der Waals surface area contributed by atoms with Crippen LogP contribution < -0.4 is 5.32 Å². The topological polar surface area (TPSA) is 34.0 Å². The zero-order valence-electron chi connectivity index (χ0n) is 14.5. The molecule has 0 bridgehead atoms. The molecule has 0 spiro atoms. The van der Waals surface area contributed by atoms with Crippen molar-refractivity contribution in [3.05, 3.63) is 71.9 Å². The lowest BCUT2D eigenvalue weighted by Crippen LogP contribution is -2.12. The molecular weight excluding hydrogens is 360 g/mol. The molecule has 130 valence electrons. The molecule has 26 heavy (non-hydrogen) atoms. The van der Waals surface area contributed by atoms with Crippen LogP contribution in [0.15, 0.2) is 65.7 Å². The van der Waals surface area contributed by atoms with Crippen molar-refractivity contribution < 1.29 is 4.79 Å². The Balaban J connectivity index is 1.69. The van der Waals surface area contributed by atoms with Crippen molar-refractivity contribution in [3.8, 4) is 10.6 Å². The zero-order valence-corrected chi connectivity index (χ0v) is 16.2. The van der Waals surface area contributed by atoms with Crippen molar-refractivity contribution in [3.63, 3.8) is 0 Å². The first-order chi connectivity index (χ1) is 12.5. The first kappa shape index (κ1) is 16.9. The highest BCUT2D eigenvalue weighted by molar-refractivity contribution is 7.80. The number of fused-ring (bicyclic) bond motifs is 1. The molecule has 0 fully saturated rings. The summed E-state index contributed by atoms with van der Waals surface area (Å²) in [5.74, 6) is -0.0997. The molecule has 2 heterocycles. The predicted octanol–water partition coefficient (Wildman–Crippen LogP) is 5.76. The van der Waals surface area contributed by atoms with E-state index in [0.29, 0.717) is 5.56 Å². The van der Waals surface area contributed by atoms with Crippen molar-refractivity contribution in [2.45, 2.75) is 11.8 Å². The van der Waals surface area contributed by atoms with Crippen molar-refractivity contribution in [1.82, 2.24) is 4.57 Å². The van der Waals surface area contributed by atoms with Crippen LogP contribution in [0.5, 0.6) is 0 Å². The van der Waals surface area contributed by atoms with Gasteiger partial charge in [-0.2, -0.15) is 0 Å². The van der Waals surface area contributed by atoms with Gasteiger partial charge in [0, 0.05) is 28.5 Å². The highest BCUT2D eigenvalue weighted by Gasteiger charge is 2.19. The molecule has 5 heteroatoms. The highest BCUT2D eigenvalue weighted by Crippen LogP contribution is 2.36. The lowest BCUT2D eigenvalue weighted by Gasteiger charge is -2.05. The highest BCUT2D eigenvalue weighted by atomic mass is 32.1. The summed E-state index contributed by atoms with van der Waals surface area (Å²) < 4.78 is 3.28. The number of aryl methyl sites for hydroxylation is 1. The zero-order chi connectivity index (χ0) is 18.3. The number of thiophene rings is 1. The molecule has 4 aromatic rings. The Morgan fingerprint density at radius 3 is 2.58 bits per heavy atom. The number of thiol groups is 1. The minimum atomic E-state index is -0.0997. The van der Waals surface area contributed by atoms with Crippen LogP contribution in [0.4, 0.5) is 5.69 Å². The third-order valence-electron chi connectivity index (χ3n) is 4.46. The second-order valence-corrected chi connectivity index (χ2v) is 7.88. The molecule has 1 amide bonds. The number of anilines is 1. The normalized spacial score (nSPS) is 11.0. The first-order valence-electron chi connectivity index (χ1n) is 8.28. The van der Waals surface area contributed by atoms with Gasteiger partial charge in [0.15, 0.2) is 0 Å². The van der Waals surface area contributed by atoms with Crippen molar-refractivity contribution in [1.29, 1.82) is 0 Å². The molecule has 0 saturated carbocycles. The Labute approximate surface area is 161 Å². The molecule has 0 radical (unpaired) electrons. The monoisotopic (exact) mass is 378 g/mol. The molecule has 0 saturated heterocycles. The van der Waals surface area contributed by atoms with E-state index in [1.807, 2.05) is 55.1 Å². The van der Waals surface area contributed by atoms with E-state index in [-0.39, 0.29) is 5.91 Å². The van der Waals surface area contributed by atoms with Crippen molar-refractivity contribution in [2.24, 2.45) is 7.05 Å². The predicted molar refractivity (Wildman–Crippen MR) is 113 cm³/mol. The SMILES string of the molecule is Cc1c(C(=O)Nc2ccc(S)cc2)cn(C)c1-c1cc2ccccc2s1. The number of nitrogens with one attached hydrogen (secondary N) is 1. The molecular formula is C21H18N2OS2. The fraction of sp³-hybridized carbons (Fsp3) is 0.0952. The minimum absolute atomic E-state index is 0.0997. The Morgan fingerprint density at radius 1 is 1.12 bits per heavy atom. The fourth-order valence-electron chi connectivity index (χ4n) is 3.18. The van der Waals surface area contributed by atoms with Gasteiger partial charge in [-0.25, -0.2) is 0 Å². The third-order valence-corrected chi connectivity index (χ3v) is 5.88. The second kappa shape index (κ2) is 6.67. The van der Waals surface area contributed by atoms with E-state index in [2.05, 4.69) is 42.2 Å². The van der Waals surface area contributed by atoms with Crippen LogP contribution in [0.2, 0.25) is 0 Å². The van der Waals surface area contributed by atoms with Gasteiger partial charge in [0.2, 0.25) is 0 Å². The maximum Gasteiger partial charge on any atom is 0.257 e. The summed E-state index contributed by atoms with van der Waals surface area (Å²) in [6.45, 7) is 2.01. The minimum Gasteiger partial charge on any atom is -0.349 e. The summed E-state index contributed by atoms with van der Waals surface area (Å²) in [6.07, 6.45) is 1.90. The largest absolute Gasteiger partial charge is 0.349 e. The number of carbonyl (C=O) groups is 1. The van der Waals surface area contributed by atoms with Crippen LogP contribution in [0.1, 0.15) is 15.9 Å². The summed E-state index contributed by atoms with van der Waals surface area (Å²) in [7, 11) is 1.99. The number of nitrogens with zero attached hydrogens (tertiary/aromatic N) is 1. The lowest BCUT2D eigenvalue weighted by atomic mass is 10.1. The molecule has 2 aromatic carbocycles. The van der Waals surface area contributed by atoms with Crippen LogP contribution in [-0.4, -0.2) is 10.5 Å². The Kier molecular flexibility index (Phi) is 4.34. The first-order valence-corrected chi connectivity index (χ1v) is 9.54. The van der Waals surface area contributed by atoms with Gasteiger partial charge in [0.05, 0.1) is 16.1 Å². The molecule has 4 rings (SSSR count). The molecule has 1 N–H and O–H groups in total. The number of aromatic nitrogens is 1. The lowest BCUT2D eigenvalue weighted by molar-refractivity contribution is 0.102. The van der Waals surface area contributed by atoms with Gasteiger partial charge in [0.1, 0.15) is 0 Å². The van der Waals surface area contributed by atoms with Crippen molar-refractivity contribution in [2.75, 3.05) is 5.32 Å². The maximum atomic E-state index is 12.7. The van der Waals surface area contributed by atoms with Crippen LogP contribution in [-0.2, 0) is 7.05 Å².